The third-order valence-corrected chi connectivity index (χ3v) is 3.26. The predicted molar refractivity (Wildman–Crippen MR) is 68.7 cm³/mol. The first-order valence-electron chi connectivity index (χ1n) is 6.26. The van der Waals surface area contributed by atoms with E-state index in [9.17, 15) is 4.79 Å². The molecule has 0 aliphatic carbocycles. The molecular formula is C13H16N2O4. The predicted octanol–water partition coefficient (Wildman–Crippen LogP) is 1.21. The Bertz CT molecular complexity index is 492. The van der Waals surface area contributed by atoms with E-state index in [0.717, 1.165) is 12.2 Å². The molecule has 2 aliphatic heterocycles. The van der Waals surface area contributed by atoms with Gasteiger partial charge in [-0.15, -0.1) is 0 Å². The molecule has 1 aromatic rings. The summed E-state index contributed by atoms with van der Waals surface area (Å²) in [6.45, 7) is 2.14. The van der Waals surface area contributed by atoms with Gasteiger partial charge in [-0.1, -0.05) is 0 Å². The number of rotatable bonds is 3. The van der Waals surface area contributed by atoms with Crippen molar-refractivity contribution in [3.63, 3.8) is 0 Å². The molecule has 0 spiro atoms. The number of fused-ring (bicyclic) bond motifs is 1. The van der Waals surface area contributed by atoms with Crippen LogP contribution < -0.4 is 19.7 Å². The highest BCUT2D eigenvalue weighted by Crippen LogP contribution is 2.36. The van der Waals surface area contributed by atoms with Crippen LogP contribution >= 0.6 is 0 Å². The van der Waals surface area contributed by atoms with Crippen LogP contribution in [0.4, 0.5) is 10.5 Å². The molecule has 2 aliphatic rings. The van der Waals surface area contributed by atoms with Gasteiger partial charge in [-0.3, -0.25) is 4.90 Å². The molecule has 1 amide bonds. The Morgan fingerprint density at radius 1 is 1.32 bits per heavy atom. The minimum Gasteiger partial charge on any atom is -0.454 e. The maximum absolute atomic E-state index is 11.9. The highest BCUT2D eigenvalue weighted by Gasteiger charge is 2.29. The van der Waals surface area contributed by atoms with Crippen molar-refractivity contribution < 1.29 is 19.0 Å². The van der Waals surface area contributed by atoms with Crippen molar-refractivity contribution in [2.45, 2.75) is 0 Å². The standard InChI is InChI=1S/C13H16N2O4/c1-14-5-9-6-15(13(16)17-7-9)10-2-3-11-12(4-10)19-8-18-11/h2-4,9,14H,5-8H2,1H3. The number of ether oxygens (including phenoxy) is 3. The summed E-state index contributed by atoms with van der Waals surface area (Å²) in [7, 11) is 1.89. The fourth-order valence-electron chi connectivity index (χ4n) is 2.33. The Balaban J connectivity index is 1.81. The van der Waals surface area contributed by atoms with E-state index < -0.39 is 0 Å². The number of nitrogens with zero attached hydrogens (tertiary/aromatic N) is 1. The van der Waals surface area contributed by atoms with Gasteiger partial charge in [0.25, 0.3) is 0 Å². The van der Waals surface area contributed by atoms with Crippen LogP contribution in [-0.4, -0.2) is 39.6 Å². The molecule has 0 aromatic heterocycles. The highest BCUT2D eigenvalue weighted by molar-refractivity contribution is 5.88. The van der Waals surface area contributed by atoms with Crippen LogP contribution in [0.5, 0.6) is 11.5 Å². The smallest absolute Gasteiger partial charge is 0.414 e. The van der Waals surface area contributed by atoms with Crippen LogP contribution in [-0.2, 0) is 4.74 Å². The maximum Gasteiger partial charge on any atom is 0.414 e. The molecule has 2 heterocycles. The molecule has 6 nitrogen and oxygen atoms in total. The molecule has 102 valence electrons. The average Bonchev–Trinajstić information content (AvgIpc) is 2.88. The molecule has 0 bridgehead atoms. The van der Waals surface area contributed by atoms with E-state index in [0.29, 0.717) is 24.7 Å². The van der Waals surface area contributed by atoms with Gasteiger partial charge >= 0.3 is 6.09 Å². The molecule has 19 heavy (non-hydrogen) atoms. The summed E-state index contributed by atoms with van der Waals surface area (Å²) in [6.07, 6.45) is -0.314. The zero-order valence-electron chi connectivity index (χ0n) is 10.7. The van der Waals surface area contributed by atoms with Crippen LogP contribution in [0.3, 0.4) is 0 Å². The lowest BCUT2D eigenvalue weighted by Crippen LogP contribution is -2.46. The minimum absolute atomic E-state index is 0.228. The van der Waals surface area contributed by atoms with Crippen molar-refractivity contribution in [1.29, 1.82) is 0 Å². The third kappa shape index (κ3) is 2.31. The first kappa shape index (κ1) is 12.1. The van der Waals surface area contributed by atoms with Gasteiger partial charge in [0.15, 0.2) is 11.5 Å². The van der Waals surface area contributed by atoms with Crippen LogP contribution in [0.1, 0.15) is 0 Å². The van der Waals surface area contributed by atoms with E-state index in [-0.39, 0.29) is 18.8 Å². The summed E-state index contributed by atoms with van der Waals surface area (Å²) in [6, 6.07) is 5.47. The topological polar surface area (TPSA) is 60.0 Å². The number of hydrogen-bond donors (Lipinski definition) is 1. The fourth-order valence-corrected chi connectivity index (χ4v) is 2.33. The second-order valence-corrected chi connectivity index (χ2v) is 4.65. The minimum atomic E-state index is -0.314. The molecule has 0 saturated carbocycles. The summed E-state index contributed by atoms with van der Waals surface area (Å²) in [4.78, 5) is 13.5. The van der Waals surface area contributed by atoms with E-state index in [2.05, 4.69) is 5.32 Å². The second-order valence-electron chi connectivity index (χ2n) is 4.65. The molecule has 1 aromatic carbocycles. The summed E-state index contributed by atoms with van der Waals surface area (Å²) in [5.41, 5.74) is 0.773. The second kappa shape index (κ2) is 4.97. The van der Waals surface area contributed by atoms with Crippen molar-refractivity contribution in [1.82, 2.24) is 5.32 Å². The quantitative estimate of drug-likeness (QED) is 0.889. The number of hydrogen-bond acceptors (Lipinski definition) is 5. The van der Waals surface area contributed by atoms with Crippen LogP contribution in [0, 0.1) is 5.92 Å². The Morgan fingerprint density at radius 3 is 3.00 bits per heavy atom. The zero-order chi connectivity index (χ0) is 13.2. The number of cyclic esters (lactones) is 1. The maximum atomic E-state index is 11.9. The Hall–Kier alpha value is -1.95. The van der Waals surface area contributed by atoms with Crippen molar-refractivity contribution >= 4 is 11.8 Å². The number of carbonyl (C=O) groups is 1. The number of amides is 1. The Labute approximate surface area is 111 Å². The number of benzene rings is 1. The summed E-state index contributed by atoms with van der Waals surface area (Å²) < 4.78 is 15.8. The van der Waals surface area contributed by atoms with Crippen LogP contribution in [0.2, 0.25) is 0 Å². The lowest BCUT2D eigenvalue weighted by Gasteiger charge is -2.32. The molecule has 1 saturated heterocycles. The van der Waals surface area contributed by atoms with E-state index >= 15 is 0 Å². The van der Waals surface area contributed by atoms with Gasteiger partial charge in [0.05, 0.1) is 12.3 Å². The van der Waals surface area contributed by atoms with E-state index in [1.165, 1.54) is 0 Å². The zero-order valence-corrected chi connectivity index (χ0v) is 10.7. The summed E-state index contributed by atoms with van der Waals surface area (Å²) >= 11 is 0. The number of carbonyl (C=O) groups excluding carboxylic acids is 1. The Morgan fingerprint density at radius 2 is 2.16 bits per heavy atom. The van der Waals surface area contributed by atoms with Crippen molar-refractivity contribution in [2.75, 3.05) is 38.4 Å². The normalized spacial score (nSPS) is 21.4. The first-order chi connectivity index (χ1) is 9.28. The van der Waals surface area contributed by atoms with Crippen LogP contribution in [0.15, 0.2) is 18.2 Å². The van der Waals surface area contributed by atoms with Crippen molar-refractivity contribution in [3.05, 3.63) is 18.2 Å². The molecule has 0 radical (unpaired) electrons. The van der Waals surface area contributed by atoms with Crippen molar-refractivity contribution in [2.24, 2.45) is 5.92 Å². The molecule has 6 heteroatoms. The van der Waals surface area contributed by atoms with E-state index in [4.69, 9.17) is 14.2 Å². The monoisotopic (exact) mass is 264 g/mol. The van der Waals surface area contributed by atoms with E-state index in [1.807, 2.05) is 25.2 Å². The lowest BCUT2D eigenvalue weighted by atomic mass is 10.1. The fraction of sp³-hybridized carbons (Fsp3) is 0.462. The van der Waals surface area contributed by atoms with Crippen molar-refractivity contribution in [3.8, 4) is 11.5 Å². The molecular weight excluding hydrogens is 248 g/mol. The Kier molecular flexibility index (Phi) is 3.16. The van der Waals surface area contributed by atoms with Gasteiger partial charge in [-0.2, -0.15) is 0 Å². The molecule has 1 unspecified atom stereocenters. The molecule has 1 fully saturated rings. The van der Waals surface area contributed by atoms with Gasteiger partial charge in [-0.05, 0) is 19.2 Å². The van der Waals surface area contributed by atoms with Gasteiger partial charge in [-0.25, -0.2) is 4.79 Å². The summed E-state index contributed by atoms with van der Waals surface area (Å²) in [5, 5.41) is 3.10. The van der Waals surface area contributed by atoms with E-state index in [1.54, 1.807) is 4.90 Å². The number of nitrogens with one attached hydrogen (secondary N) is 1. The third-order valence-electron chi connectivity index (χ3n) is 3.26. The SMILES string of the molecule is CNCC1COC(=O)N(c2ccc3c(c2)OCO3)C1. The average molecular weight is 264 g/mol. The largest absolute Gasteiger partial charge is 0.454 e. The van der Waals surface area contributed by atoms with Gasteiger partial charge in [0.2, 0.25) is 6.79 Å². The molecule has 1 atom stereocenters. The van der Waals surface area contributed by atoms with Crippen LogP contribution in [0.25, 0.3) is 0 Å². The van der Waals surface area contributed by atoms with Gasteiger partial charge in [0.1, 0.15) is 0 Å². The molecule has 3 rings (SSSR count). The lowest BCUT2D eigenvalue weighted by molar-refractivity contribution is 0.115. The van der Waals surface area contributed by atoms with Gasteiger partial charge in [0, 0.05) is 25.1 Å². The highest BCUT2D eigenvalue weighted by atomic mass is 16.7. The summed E-state index contributed by atoms with van der Waals surface area (Å²) in [5.74, 6) is 1.66. The molecule has 1 N–H and O–H groups in total. The first-order valence-corrected chi connectivity index (χ1v) is 6.26. The van der Waals surface area contributed by atoms with Gasteiger partial charge < -0.3 is 19.5 Å². The number of anilines is 1.